The number of aliphatic imine (C=N–C) groups is 1. The van der Waals surface area contributed by atoms with Crippen LogP contribution in [-0.2, 0) is 0 Å². The molecule has 1 aliphatic carbocycles. The van der Waals surface area contributed by atoms with Crippen molar-refractivity contribution in [2.45, 2.75) is 12.8 Å². The molecule has 0 saturated heterocycles. The molecule has 0 atom stereocenters. The van der Waals surface area contributed by atoms with Gasteiger partial charge in [-0.2, -0.15) is 0 Å². The smallest absolute Gasteiger partial charge is 0.139 e. The van der Waals surface area contributed by atoms with E-state index in [4.69, 9.17) is 4.99 Å². The highest BCUT2D eigenvalue weighted by molar-refractivity contribution is 6.16. The molecule has 0 saturated carbocycles. The summed E-state index contributed by atoms with van der Waals surface area (Å²) in [6.45, 7) is 0. The zero-order valence-corrected chi connectivity index (χ0v) is 22.0. The molecule has 0 bridgehead atoms. The van der Waals surface area contributed by atoms with Gasteiger partial charge in [0.1, 0.15) is 5.84 Å². The molecule has 3 nitrogen and oxygen atoms in total. The Labute approximate surface area is 234 Å². The normalized spacial score (nSPS) is 15.7. The van der Waals surface area contributed by atoms with Crippen LogP contribution in [0.5, 0.6) is 0 Å². The van der Waals surface area contributed by atoms with E-state index in [0.29, 0.717) is 0 Å². The molecule has 2 aliphatic rings. The Balaban J connectivity index is 1.49. The molecule has 40 heavy (non-hydrogen) atoms. The second-order valence-electron chi connectivity index (χ2n) is 9.80. The number of hydrogen-bond acceptors (Lipinski definition) is 2. The minimum Gasteiger partial charge on any atom is -0.339 e. The summed E-state index contributed by atoms with van der Waals surface area (Å²) in [5, 5.41) is 4.85. The minimum absolute atomic E-state index is 0.730. The van der Waals surface area contributed by atoms with Crippen LogP contribution >= 0.6 is 0 Å². The maximum Gasteiger partial charge on any atom is 0.139 e. The fourth-order valence-corrected chi connectivity index (χ4v) is 5.45. The Morgan fingerprint density at radius 3 is 2.23 bits per heavy atom. The standard InChI is InChI=1S/C37H27N3/c1-5-15-27(16-6-1)32-23-14-24-33(28-17-7-2-8-18-28)39-37(38-32)31-22-13-26-35-36(31)30-21-11-4-12-25-34(30)40(35)29-19-9-3-10-20-29/h1-3,5-10,12-13,15-20,22-26H,4,14H2,(H,38,39)/b32-23+,33-24?. The van der Waals surface area contributed by atoms with E-state index in [1.54, 1.807) is 0 Å². The first-order chi connectivity index (χ1) is 19.9. The zero-order chi connectivity index (χ0) is 26.7. The van der Waals surface area contributed by atoms with E-state index in [1.165, 1.54) is 0 Å². The summed E-state index contributed by atoms with van der Waals surface area (Å²) in [6, 6.07) is 37.8. The molecule has 3 heteroatoms. The minimum atomic E-state index is 0.730. The van der Waals surface area contributed by atoms with Crippen LogP contribution in [-0.4, -0.2) is 10.4 Å². The van der Waals surface area contributed by atoms with Gasteiger partial charge in [0.05, 0.1) is 22.5 Å². The number of nitrogens with one attached hydrogen (secondary N) is 1. The number of fused-ring (bicyclic) bond motifs is 3. The maximum atomic E-state index is 5.31. The molecule has 0 fully saturated rings. The topological polar surface area (TPSA) is 29.3 Å². The van der Waals surface area contributed by atoms with Crippen molar-refractivity contribution in [1.29, 1.82) is 0 Å². The van der Waals surface area contributed by atoms with Crippen LogP contribution in [0.4, 0.5) is 0 Å². The SMILES string of the molecule is C1#Cc2c(n(-c3ccccc3)c3cccc(C4=NC(c5ccccc5)=CC/C=C(\c5ccccc5)N4)c23)C=CC1. The molecule has 0 radical (unpaired) electrons. The molecule has 1 N–H and O–H groups in total. The van der Waals surface area contributed by atoms with Crippen molar-refractivity contribution in [3.8, 4) is 17.5 Å². The van der Waals surface area contributed by atoms with Crippen molar-refractivity contribution < 1.29 is 0 Å². The van der Waals surface area contributed by atoms with Crippen LogP contribution < -0.4 is 5.32 Å². The van der Waals surface area contributed by atoms with Crippen molar-refractivity contribution in [2.24, 2.45) is 4.99 Å². The van der Waals surface area contributed by atoms with E-state index < -0.39 is 0 Å². The van der Waals surface area contributed by atoms with E-state index >= 15 is 0 Å². The highest BCUT2D eigenvalue weighted by atomic mass is 15.0. The van der Waals surface area contributed by atoms with Crippen LogP contribution in [0.15, 0.2) is 132 Å². The lowest BCUT2D eigenvalue weighted by Gasteiger charge is -2.18. The molecule has 0 spiro atoms. The van der Waals surface area contributed by atoms with Crippen LogP contribution in [0.2, 0.25) is 0 Å². The zero-order valence-electron chi connectivity index (χ0n) is 22.0. The molecule has 5 aromatic rings. The van der Waals surface area contributed by atoms with Crippen molar-refractivity contribution in [1.82, 2.24) is 9.88 Å². The summed E-state index contributed by atoms with van der Waals surface area (Å²) in [7, 11) is 0. The quantitative estimate of drug-likeness (QED) is 0.241. The van der Waals surface area contributed by atoms with Crippen molar-refractivity contribution in [3.05, 3.63) is 155 Å². The second kappa shape index (κ2) is 10.4. The summed E-state index contributed by atoms with van der Waals surface area (Å²) < 4.78 is 2.32. The van der Waals surface area contributed by atoms with Gasteiger partial charge in [0.2, 0.25) is 0 Å². The maximum absolute atomic E-state index is 5.31. The van der Waals surface area contributed by atoms with E-state index in [-0.39, 0.29) is 0 Å². The number of nitrogens with zero attached hydrogens (tertiary/aromatic N) is 2. The number of amidine groups is 1. The monoisotopic (exact) mass is 513 g/mol. The molecular formula is C37H27N3. The Hall–Kier alpha value is -5.33. The Bertz CT molecular complexity index is 1890. The molecular weight excluding hydrogens is 486 g/mol. The van der Waals surface area contributed by atoms with E-state index in [2.05, 4.69) is 143 Å². The predicted octanol–water partition coefficient (Wildman–Crippen LogP) is 8.22. The predicted molar refractivity (Wildman–Crippen MR) is 167 cm³/mol. The first-order valence-corrected chi connectivity index (χ1v) is 13.6. The Morgan fingerprint density at radius 2 is 1.45 bits per heavy atom. The largest absolute Gasteiger partial charge is 0.339 e. The summed E-state index contributed by atoms with van der Waals surface area (Å²) >= 11 is 0. The molecule has 4 aromatic carbocycles. The van der Waals surface area contributed by atoms with Crippen LogP contribution in [0, 0.1) is 11.8 Å². The van der Waals surface area contributed by atoms with E-state index in [9.17, 15) is 0 Å². The summed E-state index contributed by atoms with van der Waals surface area (Å²) in [5.74, 6) is 7.66. The van der Waals surface area contributed by atoms with Crippen LogP contribution in [0.3, 0.4) is 0 Å². The van der Waals surface area contributed by atoms with Gasteiger partial charge in [-0.15, -0.1) is 0 Å². The van der Waals surface area contributed by atoms with Gasteiger partial charge in [0.25, 0.3) is 0 Å². The van der Waals surface area contributed by atoms with Gasteiger partial charge < -0.3 is 9.88 Å². The number of benzene rings is 4. The van der Waals surface area contributed by atoms with Gasteiger partial charge in [-0.25, -0.2) is 4.99 Å². The summed E-state index contributed by atoms with van der Waals surface area (Å²) in [5.41, 5.74) is 9.59. The number of hydrogen-bond donors (Lipinski definition) is 1. The van der Waals surface area contributed by atoms with Gasteiger partial charge in [-0.3, -0.25) is 0 Å². The van der Waals surface area contributed by atoms with Crippen molar-refractivity contribution >= 4 is 34.2 Å². The van der Waals surface area contributed by atoms with Gasteiger partial charge in [0.15, 0.2) is 0 Å². The third-order valence-electron chi connectivity index (χ3n) is 7.28. The number of rotatable bonds is 4. The lowest BCUT2D eigenvalue weighted by atomic mass is 10.0. The van der Waals surface area contributed by atoms with Crippen LogP contribution in [0.25, 0.3) is 34.1 Å². The first-order valence-electron chi connectivity index (χ1n) is 13.6. The number of allylic oxidation sites excluding steroid dienone is 3. The average Bonchev–Trinajstić information content (AvgIpc) is 3.13. The van der Waals surface area contributed by atoms with Gasteiger partial charge in [-0.05, 0) is 41.8 Å². The van der Waals surface area contributed by atoms with Crippen LogP contribution in [0.1, 0.15) is 40.8 Å². The number of aromatic nitrogens is 1. The molecule has 7 rings (SSSR count). The fourth-order valence-electron chi connectivity index (χ4n) is 5.45. The third kappa shape index (κ3) is 4.36. The van der Waals surface area contributed by atoms with Gasteiger partial charge >= 0.3 is 0 Å². The van der Waals surface area contributed by atoms with E-state index in [1.807, 2.05) is 12.1 Å². The third-order valence-corrected chi connectivity index (χ3v) is 7.28. The average molecular weight is 514 g/mol. The van der Waals surface area contributed by atoms with Crippen molar-refractivity contribution in [2.75, 3.05) is 0 Å². The first kappa shape index (κ1) is 23.8. The highest BCUT2D eigenvalue weighted by Gasteiger charge is 2.22. The fraction of sp³-hybridized carbons (Fsp3) is 0.0541. The molecule has 2 heterocycles. The van der Waals surface area contributed by atoms with E-state index in [0.717, 1.165) is 74.6 Å². The molecule has 0 amide bonds. The molecule has 1 aliphatic heterocycles. The highest BCUT2D eigenvalue weighted by Crippen LogP contribution is 2.35. The van der Waals surface area contributed by atoms with Crippen molar-refractivity contribution in [3.63, 3.8) is 0 Å². The number of para-hydroxylation sites is 1. The Kier molecular flexibility index (Phi) is 6.20. The second-order valence-corrected chi connectivity index (χ2v) is 9.80. The summed E-state index contributed by atoms with van der Waals surface area (Å²) in [6.07, 6.45) is 10.3. The summed E-state index contributed by atoms with van der Waals surface area (Å²) in [4.78, 5) is 5.31. The van der Waals surface area contributed by atoms with Gasteiger partial charge in [0, 0.05) is 28.8 Å². The van der Waals surface area contributed by atoms with Gasteiger partial charge in [-0.1, -0.05) is 121 Å². The lowest BCUT2D eigenvalue weighted by Crippen LogP contribution is -2.24. The lowest BCUT2D eigenvalue weighted by molar-refractivity contribution is 1.10. The molecule has 190 valence electrons. The Morgan fingerprint density at radius 1 is 0.725 bits per heavy atom. The molecule has 1 aromatic heterocycles. The molecule has 0 unspecified atom stereocenters.